The molecule has 2 heterocycles. The van der Waals surface area contributed by atoms with Gasteiger partial charge in [0.15, 0.2) is 0 Å². The number of benzene rings is 2. The summed E-state index contributed by atoms with van der Waals surface area (Å²) in [6, 6.07) is 12.8. The van der Waals surface area contributed by atoms with Crippen LogP contribution in [-0.2, 0) is 6.54 Å². The summed E-state index contributed by atoms with van der Waals surface area (Å²) in [5.74, 6) is 0.318. The molecule has 0 amide bonds. The van der Waals surface area contributed by atoms with Crippen LogP contribution in [0.25, 0.3) is 16.0 Å². The summed E-state index contributed by atoms with van der Waals surface area (Å²) >= 11 is 1.73. The Kier molecular flexibility index (Phi) is 6.22. The maximum atomic E-state index is 14.3. The fraction of sp³-hybridized carbons (Fsp3) is 0.208. The Morgan fingerprint density at radius 2 is 2.20 bits per heavy atom. The van der Waals surface area contributed by atoms with E-state index in [1.807, 2.05) is 36.5 Å². The van der Waals surface area contributed by atoms with Crippen LogP contribution in [0.3, 0.4) is 0 Å². The molecular formula is C24H23FN4S. The smallest absolute Gasteiger partial charge is 0.141 e. The van der Waals surface area contributed by atoms with Crippen LogP contribution < -0.4 is 16.0 Å². The number of nitrogens with zero attached hydrogens (tertiary/aromatic N) is 1. The zero-order chi connectivity index (χ0) is 20.9. The SMILES string of the molecule is C=CC1=C(NCc2cccc(-c3ccc(C#N)c(F)c3)c2C2=CNCS2)CNCC1. The van der Waals surface area contributed by atoms with E-state index in [2.05, 4.69) is 28.6 Å². The molecule has 4 nitrogen and oxygen atoms in total. The Balaban J connectivity index is 1.73. The number of nitriles is 1. The number of nitrogens with one attached hydrogen (secondary N) is 3. The molecule has 0 saturated heterocycles. The van der Waals surface area contributed by atoms with Crippen molar-refractivity contribution >= 4 is 16.7 Å². The van der Waals surface area contributed by atoms with Gasteiger partial charge in [-0.1, -0.05) is 36.9 Å². The quantitative estimate of drug-likeness (QED) is 0.646. The van der Waals surface area contributed by atoms with E-state index >= 15 is 0 Å². The molecule has 0 radical (unpaired) electrons. The summed E-state index contributed by atoms with van der Waals surface area (Å²) in [7, 11) is 0. The topological polar surface area (TPSA) is 59.9 Å². The predicted molar refractivity (Wildman–Crippen MR) is 122 cm³/mol. The zero-order valence-electron chi connectivity index (χ0n) is 16.6. The van der Waals surface area contributed by atoms with Gasteiger partial charge in [-0.3, -0.25) is 0 Å². The summed E-state index contributed by atoms with van der Waals surface area (Å²) in [6.45, 7) is 6.37. The number of allylic oxidation sites excluding steroid dienone is 1. The van der Waals surface area contributed by atoms with Crippen molar-refractivity contribution in [3.63, 3.8) is 0 Å². The number of halogens is 1. The maximum Gasteiger partial charge on any atom is 0.141 e. The zero-order valence-corrected chi connectivity index (χ0v) is 17.4. The second-order valence-corrected chi connectivity index (χ2v) is 8.15. The molecule has 0 fully saturated rings. The van der Waals surface area contributed by atoms with Crippen molar-refractivity contribution in [3.8, 4) is 17.2 Å². The van der Waals surface area contributed by atoms with Gasteiger partial charge in [-0.25, -0.2) is 4.39 Å². The first-order valence-electron chi connectivity index (χ1n) is 9.89. The molecule has 0 atom stereocenters. The normalized spacial score (nSPS) is 15.9. The molecule has 0 saturated carbocycles. The number of thioether (sulfide) groups is 1. The van der Waals surface area contributed by atoms with Gasteiger partial charge in [0.2, 0.25) is 0 Å². The molecule has 0 unspecified atom stereocenters. The molecule has 30 heavy (non-hydrogen) atoms. The Bertz CT molecular complexity index is 1080. The molecule has 0 aliphatic carbocycles. The Morgan fingerprint density at radius 3 is 2.93 bits per heavy atom. The fourth-order valence-corrected chi connectivity index (χ4v) is 4.67. The van der Waals surface area contributed by atoms with Crippen LogP contribution in [-0.4, -0.2) is 19.0 Å². The Morgan fingerprint density at radius 1 is 1.30 bits per heavy atom. The minimum Gasteiger partial charge on any atom is -0.383 e. The van der Waals surface area contributed by atoms with Crippen LogP contribution in [0.2, 0.25) is 0 Å². The summed E-state index contributed by atoms with van der Waals surface area (Å²) in [4.78, 5) is 1.13. The van der Waals surface area contributed by atoms with Crippen molar-refractivity contribution in [2.24, 2.45) is 0 Å². The van der Waals surface area contributed by atoms with Gasteiger partial charge in [0.1, 0.15) is 11.9 Å². The van der Waals surface area contributed by atoms with E-state index < -0.39 is 5.82 Å². The monoisotopic (exact) mass is 418 g/mol. The molecule has 2 aromatic carbocycles. The summed E-state index contributed by atoms with van der Waals surface area (Å²) in [6.07, 6.45) is 4.91. The van der Waals surface area contributed by atoms with Gasteiger partial charge >= 0.3 is 0 Å². The van der Waals surface area contributed by atoms with Crippen molar-refractivity contribution in [2.75, 3.05) is 19.0 Å². The first-order valence-corrected chi connectivity index (χ1v) is 10.9. The molecule has 2 aliphatic rings. The largest absolute Gasteiger partial charge is 0.383 e. The molecule has 2 aliphatic heterocycles. The van der Waals surface area contributed by atoms with Crippen LogP contribution in [0, 0.1) is 17.1 Å². The fourth-order valence-electron chi connectivity index (χ4n) is 3.80. The van der Waals surface area contributed by atoms with Gasteiger partial charge in [0.05, 0.1) is 11.4 Å². The highest BCUT2D eigenvalue weighted by Crippen LogP contribution is 2.39. The molecule has 4 rings (SSSR count). The lowest BCUT2D eigenvalue weighted by Crippen LogP contribution is -2.31. The third kappa shape index (κ3) is 4.13. The molecule has 0 aromatic heterocycles. The number of rotatable bonds is 6. The van der Waals surface area contributed by atoms with Crippen LogP contribution in [0.5, 0.6) is 0 Å². The van der Waals surface area contributed by atoms with Crippen molar-refractivity contribution < 1.29 is 4.39 Å². The van der Waals surface area contributed by atoms with E-state index in [0.29, 0.717) is 6.54 Å². The van der Waals surface area contributed by atoms with Gasteiger partial charge in [0.25, 0.3) is 0 Å². The first-order chi connectivity index (χ1) is 14.7. The minimum absolute atomic E-state index is 0.0583. The molecule has 6 heteroatoms. The van der Waals surface area contributed by atoms with Gasteiger partial charge in [0, 0.05) is 35.5 Å². The van der Waals surface area contributed by atoms with E-state index in [-0.39, 0.29) is 5.56 Å². The summed E-state index contributed by atoms with van der Waals surface area (Å²) in [5, 5.41) is 19.3. The third-order valence-corrected chi connectivity index (χ3v) is 6.28. The molecule has 3 N–H and O–H groups in total. The lowest BCUT2D eigenvalue weighted by molar-refractivity contribution is 0.624. The summed E-state index contributed by atoms with van der Waals surface area (Å²) < 4.78 is 14.3. The summed E-state index contributed by atoms with van der Waals surface area (Å²) in [5.41, 5.74) is 6.43. The van der Waals surface area contributed by atoms with E-state index in [9.17, 15) is 4.39 Å². The lowest BCUT2D eigenvalue weighted by atomic mass is 9.94. The number of hydrogen-bond acceptors (Lipinski definition) is 5. The van der Waals surface area contributed by atoms with Gasteiger partial charge in [-0.05, 0) is 47.4 Å². The highest BCUT2D eigenvalue weighted by atomic mass is 32.2. The Labute approximate surface area is 180 Å². The minimum atomic E-state index is -0.496. The van der Waals surface area contributed by atoms with Crippen LogP contribution in [0.15, 0.2) is 66.5 Å². The average Bonchev–Trinajstić information content (AvgIpc) is 3.32. The van der Waals surface area contributed by atoms with Crippen molar-refractivity contribution in [1.82, 2.24) is 16.0 Å². The van der Waals surface area contributed by atoms with E-state index in [1.54, 1.807) is 17.8 Å². The van der Waals surface area contributed by atoms with E-state index in [4.69, 9.17) is 5.26 Å². The van der Waals surface area contributed by atoms with Crippen LogP contribution in [0.4, 0.5) is 4.39 Å². The lowest BCUT2D eigenvalue weighted by Gasteiger charge is -2.22. The maximum absolute atomic E-state index is 14.3. The van der Waals surface area contributed by atoms with Crippen molar-refractivity contribution in [2.45, 2.75) is 13.0 Å². The average molecular weight is 419 g/mol. The first kappa shape index (κ1) is 20.3. The van der Waals surface area contributed by atoms with Gasteiger partial charge in [-0.2, -0.15) is 5.26 Å². The second kappa shape index (κ2) is 9.21. The standard InChI is InChI=1S/C24H23FN4S/c1-2-16-8-9-27-13-22(16)29-12-19-4-3-5-20(24(19)23-14-28-15-30-23)17-6-7-18(11-26)21(25)10-17/h2-7,10,14,27-29H,1,8-9,12-13,15H2. The third-order valence-electron chi connectivity index (χ3n) is 5.34. The van der Waals surface area contributed by atoms with Gasteiger partial charge < -0.3 is 16.0 Å². The molecular weight excluding hydrogens is 395 g/mol. The predicted octanol–water partition coefficient (Wildman–Crippen LogP) is 4.48. The van der Waals surface area contributed by atoms with E-state index in [1.165, 1.54) is 17.3 Å². The van der Waals surface area contributed by atoms with Crippen molar-refractivity contribution in [1.29, 1.82) is 5.26 Å². The molecule has 152 valence electrons. The second-order valence-electron chi connectivity index (χ2n) is 7.14. The molecule has 0 spiro atoms. The van der Waals surface area contributed by atoms with Crippen LogP contribution in [0.1, 0.15) is 23.1 Å². The highest BCUT2D eigenvalue weighted by molar-refractivity contribution is 8.08. The molecule has 2 aromatic rings. The Hall–Kier alpha value is -3.01. The highest BCUT2D eigenvalue weighted by Gasteiger charge is 2.19. The number of hydrogen-bond donors (Lipinski definition) is 3. The van der Waals surface area contributed by atoms with Crippen molar-refractivity contribution in [3.05, 3.63) is 89.0 Å². The van der Waals surface area contributed by atoms with Gasteiger partial charge in [-0.15, -0.1) is 11.8 Å². The van der Waals surface area contributed by atoms with E-state index in [0.717, 1.165) is 52.5 Å². The van der Waals surface area contributed by atoms with Crippen LogP contribution >= 0.6 is 11.8 Å². The molecule has 0 bridgehead atoms.